The third-order valence-corrected chi connectivity index (χ3v) is 4.07. The first-order chi connectivity index (χ1) is 10.1. The molecule has 0 aliphatic rings. The van der Waals surface area contributed by atoms with Crippen LogP contribution in [0.2, 0.25) is 5.02 Å². The van der Waals surface area contributed by atoms with Crippen LogP contribution in [-0.2, 0) is 6.42 Å². The summed E-state index contributed by atoms with van der Waals surface area (Å²) >= 11 is 5.93. The molecule has 1 aromatic carbocycles. The van der Waals surface area contributed by atoms with Crippen molar-refractivity contribution in [3.05, 3.63) is 70.8 Å². The first kappa shape index (κ1) is 17.7. The zero-order chi connectivity index (χ0) is 15.7. The summed E-state index contributed by atoms with van der Waals surface area (Å²) in [6.07, 6.45) is 9.16. The maximum absolute atomic E-state index is 5.93. The lowest BCUT2D eigenvalue weighted by molar-refractivity contribution is 0.610. The smallest absolute Gasteiger partial charge is 0.0406 e. The Kier molecular flexibility index (Phi) is 8.11. The number of hydrogen-bond acceptors (Lipinski definition) is 1. The lowest BCUT2D eigenvalue weighted by atomic mass is 9.95. The zero-order valence-electron chi connectivity index (χ0n) is 13.3. The average molecular weight is 304 g/mol. The first-order valence-electron chi connectivity index (χ1n) is 7.52. The van der Waals surface area contributed by atoms with E-state index in [0.717, 1.165) is 24.3 Å². The molecule has 1 aromatic rings. The highest BCUT2D eigenvalue weighted by Crippen LogP contribution is 2.19. The van der Waals surface area contributed by atoms with Crippen LogP contribution < -0.4 is 5.32 Å². The van der Waals surface area contributed by atoms with Crippen molar-refractivity contribution in [1.82, 2.24) is 5.32 Å². The van der Waals surface area contributed by atoms with Gasteiger partial charge in [-0.1, -0.05) is 61.0 Å². The SMILES string of the molecule is C=C/C=C\C(CCc1ccc(Cl)cc1)=C(/C)C(CC)NC. The molecule has 2 heteroatoms. The van der Waals surface area contributed by atoms with E-state index >= 15 is 0 Å². The molecule has 1 unspecified atom stereocenters. The molecule has 0 saturated heterocycles. The Hall–Kier alpha value is -1.31. The quantitative estimate of drug-likeness (QED) is 0.640. The molecule has 21 heavy (non-hydrogen) atoms. The van der Waals surface area contributed by atoms with Gasteiger partial charge in [-0.25, -0.2) is 0 Å². The standard InChI is InChI=1S/C19H26ClN/c1-5-7-8-17(15(3)19(6-2)21-4)12-9-16-10-13-18(20)14-11-16/h5,7-8,10-11,13-14,19,21H,1,6,9,12H2,2-4H3/b8-7-,17-15-. The number of aryl methyl sites for hydroxylation is 1. The lowest BCUT2D eigenvalue weighted by Gasteiger charge is -2.18. The van der Waals surface area contributed by atoms with Crippen molar-refractivity contribution in [3.63, 3.8) is 0 Å². The Bertz CT molecular complexity index is 493. The van der Waals surface area contributed by atoms with Gasteiger partial charge in [0.2, 0.25) is 0 Å². The third-order valence-electron chi connectivity index (χ3n) is 3.82. The van der Waals surface area contributed by atoms with Crippen LogP contribution in [0.1, 0.15) is 32.3 Å². The summed E-state index contributed by atoms with van der Waals surface area (Å²) in [6.45, 7) is 8.19. The Morgan fingerprint density at radius 3 is 2.52 bits per heavy atom. The molecule has 1 nitrogen and oxygen atoms in total. The van der Waals surface area contributed by atoms with Crippen LogP contribution in [0.25, 0.3) is 0 Å². The van der Waals surface area contributed by atoms with Gasteiger partial charge < -0.3 is 5.32 Å². The van der Waals surface area contributed by atoms with Crippen LogP contribution in [0.15, 0.2) is 60.2 Å². The highest BCUT2D eigenvalue weighted by molar-refractivity contribution is 6.30. The van der Waals surface area contributed by atoms with Crippen LogP contribution in [0.4, 0.5) is 0 Å². The van der Waals surface area contributed by atoms with Crippen LogP contribution in [-0.4, -0.2) is 13.1 Å². The second-order valence-corrected chi connectivity index (χ2v) is 5.62. The van der Waals surface area contributed by atoms with Crippen molar-refractivity contribution >= 4 is 11.6 Å². The molecule has 0 saturated carbocycles. The fraction of sp³-hybridized carbons (Fsp3) is 0.368. The number of hydrogen-bond donors (Lipinski definition) is 1. The molecule has 1 atom stereocenters. The minimum Gasteiger partial charge on any atom is -0.313 e. The molecule has 0 radical (unpaired) electrons. The van der Waals surface area contributed by atoms with E-state index in [9.17, 15) is 0 Å². The van der Waals surface area contributed by atoms with E-state index in [1.54, 1.807) is 0 Å². The highest BCUT2D eigenvalue weighted by atomic mass is 35.5. The largest absolute Gasteiger partial charge is 0.313 e. The molecule has 0 bridgehead atoms. The number of halogens is 1. The van der Waals surface area contributed by atoms with Gasteiger partial charge in [0.25, 0.3) is 0 Å². The van der Waals surface area contributed by atoms with E-state index in [2.05, 4.69) is 44.0 Å². The summed E-state index contributed by atoms with van der Waals surface area (Å²) < 4.78 is 0. The van der Waals surface area contributed by atoms with Crippen molar-refractivity contribution in [3.8, 4) is 0 Å². The molecule has 1 rings (SSSR count). The number of rotatable bonds is 8. The van der Waals surface area contributed by atoms with Crippen LogP contribution in [0.5, 0.6) is 0 Å². The minimum atomic E-state index is 0.430. The van der Waals surface area contributed by atoms with Gasteiger partial charge in [-0.15, -0.1) is 0 Å². The molecule has 0 aliphatic carbocycles. The average Bonchev–Trinajstić information content (AvgIpc) is 2.50. The summed E-state index contributed by atoms with van der Waals surface area (Å²) in [5.74, 6) is 0. The van der Waals surface area contributed by atoms with E-state index in [-0.39, 0.29) is 0 Å². The van der Waals surface area contributed by atoms with Gasteiger partial charge in [0.05, 0.1) is 0 Å². The van der Waals surface area contributed by atoms with E-state index in [0.29, 0.717) is 6.04 Å². The maximum atomic E-state index is 5.93. The third kappa shape index (κ3) is 5.91. The van der Waals surface area contributed by atoms with Crippen molar-refractivity contribution < 1.29 is 0 Å². The van der Waals surface area contributed by atoms with Crippen molar-refractivity contribution in [2.24, 2.45) is 0 Å². The molecule has 114 valence electrons. The number of allylic oxidation sites excluding steroid dienone is 4. The van der Waals surface area contributed by atoms with E-state index in [4.69, 9.17) is 11.6 Å². The van der Waals surface area contributed by atoms with E-state index in [1.165, 1.54) is 16.7 Å². The Balaban J connectivity index is 2.87. The molecular formula is C19H26ClN. The van der Waals surface area contributed by atoms with Crippen LogP contribution in [0.3, 0.4) is 0 Å². The fourth-order valence-electron chi connectivity index (χ4n) is 2.48. The van der Waals surface area contributed by atoms with Gasteiger partial charge in [-0.05, 0) is 56.5 Å². The number of likely N-dealkylation sites (N-methyl/N-ethyl adjacent to an activating group) is 1. The molecular weight excluding hydrogens is 278 g/mol. The molecule has 1 N–H and O–H groups in total. The second-order valence-electron chi connectivity index (χ2n) is 5.18. The normalized spacial score (nSPS) is 14.1. The van der Waals surface area contributed by atoms with Gasteiger partial charge in [0.1, 0.15) is 0 Å². The summed E-state index contributed by atoms with van der Waals surface area (Å²) in [6, 6.07) is 8.54. The molecule has 0 fully saturated rings. The van der Waals surface area contributed by atoms with Gasteiger partial charge >= 0.3 is 0 Å². The van der Waals surface area contributed by atoms with E-state index in [1.807, 2.05) is 31.3 Å². The van der Waals surface area contributed by atoms with Crippen LogP contribution in [0, 0.1) is 0 Å². The minimum absolute atomic E-state index is 0.430. The Morgan fingerprint density at radius 1 is 1.33 bits per heavy atom. The molecule has 0 aromatic heterocycles. The number of nitrogens with one attached hydrogen (secondary N) is 1. The maximum Gasteiger partial charge on any atom is 0.0406 e. The van der Waals surface area contributed by atoms with E-state index < -0.39 is 0 Å². The predicted octanol–water partition coefficient (Wildman–Crippen LogP) is 5.33. The summed E-state index contributed by atoms with van der Waals surface area (Å²) in [4.78, 5) is 0. The van der Waals surface area contributed by atoms with Crippen LogP contribution >= 0.6 is 11.6 Å². The fourth-order valence-corrected chi connectivity index (χ4v) is 2.60. The molecule has 0 spiro atoms. The van der Waals surface area contributed by atoms with Gasteiger partial charge in [0.15, 0.2) is 0 Å². The predicted molar refractivity (Wildman–Crippen MR) is 94.9 cm³/mol. The van der Waals surface area contributed by atoms with Gasteiger partial charge in [-0.2, -0.15) is 0 Å². The van der Waals surface area contributed by atoms with Crippen molar-refractivity contribution in [2.45, 2.75) is 39.2 Å². The molecule has 0 amide bonds. The molecule has 0 aliphatic heterocycles. The summed E-state index contributed by atoms with van der Waals surface area (Å²) in [7, 11) is 2.02. The molecule has 0 heterocycles. The number of benzene rings is 1. The summed E-state index contributed by atoms with van der Waals surface area (Å²) in [5, 5.41) is 4.17. The monoisotopic (exact) mass is 303 g/mol. The van der Waals surface area contributed by atoms with Crippen molar-refractivity contribution in [1.29, 1.82) is 0 Å². The van der Waals surface area contributed by atoms with Crippen molar-refractivity contribution in [2.75, 3.05) is 7.05 Å². The summed E-state index contributed by atoms with van der Waals surface area (Å²) in [5.41, 5.74) is 4.10. The van der Waals surface area contributed by atoms with Gasteiger partial charge in [-0.3, -0.25) is 0 Å². The zero-order valence-corrected chi connectivity index (χ0v) is 14.1. The Labute approximate surface area is 134 Å². The topological polar surface area (TPSA) is 12.0 Å². The Morgan fingerprint density at radius 2 is 2.00 bits per heavy atom. The first-order valence-corrected chi connectivity index (χ1v) is 7.90. The highest BCUT2D eigenvalue weighted by Gasteiger charge is 2.09. The second kappa shape index (κ2) is 9.59. The lowest BCUT2D eigenvalue weighted by Crippen LogP contribution is -2.26. The van der Waals surface area contributed by atoms with Gasteiger partial charge in [0, 0.05) is 11.1 Å².